The molecular weight excluding hydrogens is 406 g/mol. The van der Waals surface area contributed by atoms with Crippen LogP contribution in [0.2, 0.25) is 0 Å². The minimum absolute atomic E-state index is 0.161. The quantitative estimate of drug-likeness (QED) is 0.559. The van der Waals surface area contributed by atoms with Gasteiger partial charge in [0.05, 0.1) is 0 Å². The van der Waals surface area contributed by atoms with E-state index in [9.17, 15) is 13.2 Å². The largest absolute Gasteiger partial charge is 0.295 e. The van der Waals surface area contributed by atoms with Crippen molar-refractivity contribution in [2.75, 3.05) is 17.7 Å². The Morgan fingerprint density at radius 3 is 2.44 bits per heavy atom. The van der Waals surface area contributed by atoms with E-state index in [2.05, 4.69) is 25.9 Å². The number of hydrogen-bond acceptors (Lipinski definition) is 5. The van der Waals surface area contributed by atoms with Gasteiger partial charge in [-0.3, -0.25) is 9.69 Å². The number of aromatic nitrogens is 2. The zero-order chi connectivity index (χ0) is 18.4. The Balaban J connectivity index is 2.23. The molecule has 0 saturated heterocycles. The van der Waals surface area contributed by atoms with E-state index in [1.165, 1.54) is 4.90 Å². The summed E-state index contributed by atoms with van der Waals surface area (Å²) in [6.07, 6.45) is 1.42. The van der Waals surface area contributed by atoms with Gasteiger partial charge >= 0.3 is 0 Å². The molecule has 2 heterocycles. The summed E-state index contributed by atoms with van der Waals surface area (Å²) in [5, 5.41) is -0.253. The number of likely N-dealkylation sites (N-methyl/N-ethyl adjacent to an activating group) is 1. The van der Waals surface area contributed by atoms with E-state index in [4.69, 9.17) is 0 Å². The zero-order valence-electron chi connectivity index (χ0n) is 14.2. The van der Waals surface area contributed by atoms with Crippen LogP contribution in [0.1, 0.15) is 23.7 Å². The Bertz CT molecular complexity index is 947. The van der Waals surface area contributed by atoms with Crippen molar-refractivity contribution >= 4 is 37.5 Å². The Kier molecular flexibility index (Phi) is 4.45. The van der Waals surface area contributed by atoms with Gasteiger partial charge in [0, 0.05) is 30.5 Å². The maximum Gasteiger partial charge on any atom is 0.249 e. The first-order chi connectivity index (χ1) is 11.7. The molecule has 1 amide bonds. The van der Waals surface area contributed by atoms with Crippen LogP contribution in [0.15, 0.2) is 35.5 Å². The Morgan fingerprint density at radius 1 is 1.24 bits per heavy atom. The van der Waals surface area contributed by atoms with Gasteiger partial charge in [-0.2, -0.15) is 0 Å². The second-order valence-corrected chi connectivity index (χ2v) is 9.32. The fraction of sp³-hybridized carbons (Fsp3) is 0.353. The standard InChI is InChI=1S/C17H18BrN3O3S/c1-4-21-14-13(11(2)19-16(20-14)25(3,23)24)10-17(18,15(21)22)12-8-6-5-7-9-12/h5-9H,4,10H2,1-3H3. The third-order valence-electron chi connectivity index (χ3n) is 4.31. The monoisotopic (exact) mass is 423 g/mol. The van der Waals surface area contributed by atoms with Gasteiger partial charge in [-0.1, -0.05) is 46.3 Å². The van der Waals surface area contributed by atoms with E-state index in [1.54, 1.807) is 6.92 Å². The SMILES string of the molecule is CCN1C(=O)C(Br)(c2ccccc2)Cc2c(C)nc(S(C)(=O)=O)nc21. The number of benzene rings is 1. The van der Waals surface area contributed by atoms with Gasteiger partial charge < -0.3 is 0 Å². The predicted octanol–water partition coefficient (Wildman–Crippen LogP) is 2.39. The molecule has 0 aliphatic carbocycles. The van der Waals surface area contributed by atoms with E-state index < -0.39 is 14.2 Å². The molecule has 8 heteroatoms. The van der Waals surface area contributed by atoms with Gasteiger partial charge in [0.2, 0.25) is 20.9 Å². The molecule has 0 fully saturated rings. The Morgan fingerprint density at radius 2 is 1.88 bits per heavy atom. The van der Waals surface area contributed by atoms with Crippen molar-refractivity contribution in [2.45, 2.75) is 29.7 Å². The summed E-state index contributed by atoms with van der Waals surface area (Å²) >= 11 is 3.65. The second kappa shape index (κ2) is 6.17. The molecule has 0 bridgehead atoms. The number of fused-ring (bicyclic) bond motifs is 1. The molecule has 0 N–H and O–H groups in total. The van der Waals surface area contributed by atoms with Gasteiger partial charge in [-0.15, -0.1) is 0 Å². The number of hydrogen-bond donors (Lipinski definition) is 0. The minimum Gasteiger partial charge on any atom is -0.295 e. The number of sulfone groups is 1. The van der Waals surface area contributed by atoms with Crippen molar-refractivity contribution in [3.8, 4) is 0 Å². The normalized spacial score (nSPS) is 20.5. The van der Waals surface area contributed by atoms with Crippen LogP contribution < -0.4 is 4.90 Å². The first-order valence-electron chi connectivity index (χ1n) is 7.82. The van der Waals surface area contributed by atoms with E-state index >= 15 is 0 Å². The molecule has 6 nitrogen and oxygen atoms in total. The third-order valence-corrected chi connectivity index (χ3v) is 6.23. The number of rotatable bonds is 3. The fourth-order valence-electron chi connectivity index (χ4n) is 3.00. The lowest BCUT2D eigenvalue weighted by Gasteiger charge is -2.38. The molecule has 2 aromatic rings. The summed E-state index contributed by atoms with van der Waals surface area (Å²) in [5.74, 6) is 0.220. The first-order valence-corrected chi connectivity index (χ1v) is 10.5. The van der Waals surface area contributed by atoms with Crippen LogP contribution in [0.3, 0.4) is 0 Å². The number of carbonyl (C=O) groups excluding carboxylic acids is 1. The maximum atomic E-state index is 13.2. The molecule has 1 aromatic carbocycles. The molecule has 1 aliphatic heterocycles. The fourth-order valence-corrected chi connectivity index (χ4v) is 4.32. The van der Waals surface area contributed by atoms with Crippen LogP contribution >= 0.6 is 15.9 Å². The van der Waals surface area contributed by atoms with Crippen LogP contribution in [-0.2, 0) is 25.4 Å². The van der Waals surface area contributed by atoms with Crippen molar-refractivity contribution in [3.05, 3.63) is 47.2 Å². The molecule has 1 aromatic heterocycles. The maximum absolute atomic E-state index is 13.2. The van der Waals surface area contributed by atoms with Crippen LogP contribution in [0.4, 0.5) is 5.82 Å². The average molecular weight is 424 g/mol. The summed E-state index contributed by atoms with van der Waals surface area (Å²) in [7, 11) is -3.56. The highest BCUT2D eigenvalue weighted by molar-refractivity contribution is 9.10. The Hall–Kier alpha value is -1.80. The van der Waals surface area contributed by atoms with Crippen molar-refractivity contribution in [3.63, 3.8) is 0 Å². The molecule has 132 valence electrons. The van der Waals surface area contributed by atoms with Crippen molar-refractivity contribution in [1.82, 2.24) is 9.97 Å². The molecule has 1 aliphatic rings. The van der Waals surface area contributed by atoms with E-state index in [1.807, 2.05) is 37.3 Å². The summed E-state index contributed by atoms with van der Waals surface area (Å²) in [6, 6.07) is 9.45. The number of halogens is 1. The van der Waals surface area contributed by atoms with Crippen molar-refractivity contribution in [2.24, 2.45) is 0 Å². The average Bonchev–Trinajstić information content (AvgIpc) is 2.57. The van der Waals surface area contributed by atoms with Gasteiger partial charge in [-0.05, 0) is 19.4 Å². The number of amides is 1. The van der Waals surface area contributed by atoms with Crippen LogP contribution in [0.25, 0.3) is 0 Å². The summed E-state index contributed by atoms with van der Waals surface area (Å²) in [4.78, 5) is 23.0. The molecule has 3 rings (SSSR count). The summed E-state index contributed by atoms with van der Waals surface area (Å²) < 4.78 is 22.8. The molecule has 25 heavy (non-hydrogen) atoms. The smallest absolute Gasteiger partial charge is 0.249 e. The van der Waals surface area contributed by atoms with Crippen molar-refractivity contribution < 1.29 is 13.2 Å². The van der Waals surface area contributed by atoms with E-state index in [0.29, 0.717) is 24.5 Å². The lowest BCUT2D eigenvalue weighted by atomic mass is 9.87. The predicted molar refractivity (Wildman–Crippen MR) is 98.7 cm³/mol. The third kappa shape index (κ3) is 2.97. The number of carbonyl (C=O) groups is 1. The van der Waals surface area contributed by atoms with Crippen LogP contribution in [0.5, 0.6) is 0 Å². The number of alkyl halides is 1. The topological polar surface area (TPSA) is 80.2 Å². The number of nitrogens with zero attached hydrogens (tertiary/aromatic N) is 3. The lowest BCUT2D eigenvalue weighted by molar-refractivity contribution is -0.121. The van der Waals surface area contributed by atoms with Gasteiger partial charge in [0.25, 0.3) is 0 Å². The highest BCUT2D eigenvalue weighted by Gasteiger charge is 2.47. The second-order valence-electron chi connectivity index (χ2n) is 6.06. The van der Waals surface area contributed by atoms with Crippen LogP contribution in [-0.4, -0.2) is 37.1 Å². The van der Waals surface area contributed by atoms with Gasteiger partial charge in [0.1, 0.15) is 10.1 Å². The van der Waals surface area contributed by atoms with E-state index in [0.717, 1.165) is 17.4 Å². The van der Waals surface area contributed by atoms with Gasteiger partial charge in [-0.25, -0.2) is 18.4 Å². The summed E-state index contributed by atoms with van der Waals surface area (Å²) in [6.45, 7) is 3.96. The minimum atomic E-state index is -3.56. The first kappa shape index (κ1) is 18.0. The Labute approximate surface area is 155 Å². The highest BCUT2D eigenvalue weighted by atomic mass is 79.9. The van der Waals surface area contributed by atoms with Crippen LogP contribution in [0, 0.1) is 6.92 Å². The molecule has 0 saturated carbocycles. The molecule has 0 radical (unpaired) electrons. The molecule has 0 spiro atoms. The van der Waals surface area contributed by atoms with Crippen molar-refractivity contribution in [1.29, 1.82) is 0 Å². The summed E-state index contributed by atoms with van der Waals surface area (Å²) in [5.41, 5.74) is 2.18. The molecule has 1 atom stereocenters. The molecular formula is C17H18BrN3O3S. The molecule has 1 unspecified atom stereocenters. The zero-order valence-corrected chi connectivity index (χ0v) is 16.6. The van der Waals surface area contributed by atoms with Gasteiger partial charge in [0.15, 0.2) is 0 Å². The number of aryl methyl sites for hydroxylation is 1. The highest BCUT2D eigenvalue weighted by Crippen LogP contribution is 2.44. The van der Waals surface area contributed by atoms with E-state index in [-0.39, 0.29) is 11.1 Å². The number of anilines is 1. The lowest BCUT2D eigenvalue weighted by Crippen LogP contribution is -2.49.